The lowest BCUT2D eigenvalue weighted by molar-refractivity contribution is 1.07. The molecule has 0 amide bonds. The Bertz CT molecular complexity index is 478. The van der Waals surface area contributed by atoms with Gasteiger partial charge in [0.15, 0.2) is 0 Å². The van der Waals surface area contributed by atoms with Gasteiger partial charge in [0.05, 0.1) is 9.16 Å². The minimum Gasteiger partial charge on any atom is -0.127 e. The molecule has 0 nitrogen and oxygen atoms in total. The second-order valence-corrected chi connectivity index (χ2v) is 6.22. The Hall–Kier alpha value is -0.310. The molecule has 0 bridgehead atoms. The van der Waals surface area contributed by atoms with Crippen LogP contribution >= 0.6 is 38.9 Å². The maximum atomic E-state index is 5.96. The number of hydrogen-bond donors (Lipinski definition) is 0. The number of benzene rings is 1. The minimum absolute atomic E-state index is 0.251. The van der Waals surface area contributed by atoms with Gasteiger partial charge in [0.2, 0.25) is 0 Å². The van der Waals surface area contributed by atoms with Gasteiger partial charge in [0.1, 0.15) is 0 Å². The molecule has 1 unspecified atom stereocenters. The van der Waals surface area contributed by atoms with Crippen LogP contribution in [0.5, 0.6) is 0 Å². The Morgan fingerprint density at radius 3 is 2.62 bits per heavy atom. The molecule has 0 N–H and O–H groups in total. The van der Waals surface area contributed by atoms with Crippen molar-refractivity contribution in [2.24, 2.45) is 0 Å². The van der Waals surface area contributed by atoms with Crippen molar-refractivity contribution in [3.8, 4) is 0 Å². The lowest BCUT2D eigenvalue weighted by Crippen LogP contribution is -1.95. The van der Waals surface area contributed by atoms with E-state index in [1.165, 1.54) is 16.0 Å². The van der Waals surface area contributed by atoms with Crippen LogP contribution in [0.2, 0.25) is 4.34 Å². The Kier molecular flexibility index (Phi) is 4.06. The fraction of sp³-hybridized carbons (Fsp3) is 0.231. The second-order valence-electron chi connectivity index (χ2n) is 3.56. The highest BCUT2D eigenvalue weighted by atomic mass is 79.9. The van der Waals surface area contributed by atoms with Crippen LogP contribution in [0.25, 0.3) is 0 Å². The van der Waals surface area contributed by atoms with Gasteiger partial charge in [-0.25, -0.2) is 0 Å². The predicted octanol–water partition coefficient (Wildman–Crippen LogP) is 5.45. The molecule has 3 heteroatoms. The van der Waals surface area contributed by atoms with Gasteiger partial charge in [-0.05, 0) is 29.7 Å². The Morgan fingerprint density at radius 1 is 1.25 bits per heavy atom. The van der Waals surface area contributed by atoms with Crippen LogP contribution in [-0.4, -0.2) is 0 Å². The molecule has 1 heterocycles. The van der Waals surface area contributed by atoms with Gasteiger partial charge >= 0.3 is 0 Å². The molecule has 0 aliphatic heterocycles. The van der Waals surface area contributed by atoms with Gasteiger partial charge in [-0.1, -0.05) is 58.7 Å². The largest absolute Gasteiger partial charge is 0.127 e. The highest BCUT2D eigenvalue weighted by molar-refractivity contribution is 9.09. The summed E-state index contributed by atoms with van der Waals surface area (Å²) in [6, 6.07) is 12.6. The number of alkyl halides is 1. The normalized spacial score (nSPS) is 12.7. The third-order valence-electron chi connectivity index (χ3n) is 2.55. The van der Waals surface area contributed by atoms with Gasteiger partial charge < -0.3 is 0 Å². The summed E-state index contributed by atoms with van der Waals surface area (Å²) in [6.07, 6.45) is 1.05. The summed E-state index contributed by atoms with van der Waals surface area (Å²) in [5.41, 5.74) is 2.72. The van der Waals surface area contributed by atoms with E-state index in [9.17, 15) is 0 Å². The summed E-state index contributed by atoms with van der Waals surface area (Å²) in [7, 11) is 0. The summed E-state index contributed by atoms with van der Waals surface area (Å²) in [5.74, 6) is 0. The highest BCUT2D eigenvalue weighted by Crippen LogP contribution is 2.38. The minimum atomic E-state index is 0.251. The maximum Gasteiger partial charge on any atom is 0.0931 e. The molecule has 0 spiro atoms. The second kappa shape index (κ2) is 5.35. The van der Waals surface area contributed by atoms with E-state index in [0.717, 1.165) is 10.8 Å². The predicted molar refractivity (Wildman–Crippen MR) is 75.9 cm³/mol. The van der Waals surface area contributed by atoms with E-state index < -0.39 is 0 Å². The molecule has 1 aromatic heterocycles. The van der Waals surface area contributed by atoms with E-state index in [1.807, 2.05) is 6.07 Å². The van der Waals surface area contributed by atoms with Gasteiger partial charge in [-0.3, -0.25) is 0 Å². The molecular formula is C13H12BrClS. The third-order valence-corrected chi connectivity index (χ3v) is 5.14. The van der Waals surface area contributed by atoms with Crippen LogP contribution in [0.3, 0.4) is 0 Å². The molecule has 0 fully saturated rings. The first-order valence-electron chi connectivity index (χ1n) is 5.19. The maximum absolute atomic E-state index is 5.96. The van der Waals surface area contributed by atoms with Crippen LogP contribution in [0.15, 0.2) is 36.4 Å². The van der Waals surface area contributed by atoms with Gasteiger partial charge in [0, 0.05) is 4.88 Å². The molecule has 1 aromatic carbocycles. The fourth-order valence-corrected chi connectivity index (χ4v) is 3.66. The van der Waals surface area contributed by atoms with E-state index in [2.05, 4.69) is 53.2 Å². The topological polar surface area (TPSA) is 0 Å². The lowest BCUT2D eigenvalue weighted by atomic mass is 10.0. The fourth-order valence-electron chi connectivity index (χ4n) is 1.72. The standard InChI is InChI=1S/C13H12BrClS/c1-2-9-5-3-4-6-10(9)13(14)11-7-8-12(15)16-11/h3-8,13H,2H2,1H3. The lowest BCUT2D eigenvalue weighted by Gasteiger charge is -2.12. The van der Waals surface area contributed by atoms with Crippen molar-refractivity contribution in [2.75, 3.05) is 0 Å². The van der Waals surface area contributed by atoms with Crippen molar-refractivity contribution in [1.82, 2.24) is 0 Å². The molecule has 0 aliphatic carbocycles. The van der Waals surface area contributed by atoms with Gasteiger partial charge in [-0.2, -0.15) is 0 Å². The molecular weight excluding hydrogens is 304 g/mol. The monoisotopic (exact) mass is 314 g/mol. The molecule has 1 atom stereocenters. The van der Waals surface area contributed by atoms with Crippen LogP contribution in [0.4, 0.5) is 0 Å². The Labute approximate surface area is 113 Å². The molecule has 2 aromatic rings. The number of aryl methyl sites for hydroxylation is 1. The molecule has 0 aliphatic rings. The van der Waals surface area contributed by atoms with Crippen LogP contribution in [0, 0.1) is 0 Å². The summed E-state index contributed by atoms with van der Waals surface area (Å²) in [5, 5.41) is 0. The number of thiophene rings is 1. The average Bonchev–Trinajstić information content (AvgIpc) is 2.75. The first-order valence-corrected chi connectivity index (χ1v) is 7.30. The average molecular weight is 316 g/mol. The summed E-state index contributed by atoms with van der Waals surface area (Å²) < 4.78 is 0.841. The number of hydrogen-bond acceptors (Lipinski definition) is 1. The van der Waals surface area contributed by atoms with E-state index >= 15 is 0 Å². The zero-order valence-electron chi connectivity index (χ0n) is 8.91. The highest BCUT2D eigenvalue weighted by Gasteiger charge is 2.14. The molecule has 84 valence electrons. The van der Waals surface area contributed by atoms with E-state index in [0.29, 0.717) is 0 Å². The Balaban J connectivity index is 2.36. The molecule has 2 rings (SSSR count). The van der Waals surface area contributed by atoms with Crippen molar-refractivity contribution in [3.05, 3.63) is 56.7 Å². The van der Waals surface area contributed by atoms with Gasteiger partial charge in [-0.15, -0.1) is 11.3 Å². The molecule has 16 heavy (non-hydrogen) atoms. The molecule has 0 saturated heterocycles. The molecule has 0 radical (unpaired) electrons. The first-order chi connectivity index (χ1) is 7.72. The van der Waals surface area contributed by atoms with Gasteiger partial charge in [0.25, 0.3) is 0 Å². The van der Waals surface area contributed by atoms with Crippen molar-refractivity contribution in [1.29, 1.82) is 0 Å². The van der Waals surface area contributed by atoms with E-state index in [1.54, 1.807) is 11.3 Å². The van der Waals surface area contributed by atoms with Crippen LogP contribution in [-0.2, 0) is 6.42 Å². The smallest absolute Gasteiger partial charge is 0.0931 e. The van der Waals surface area contributed by atoms with E-state index in [4.69, 9.17) is 11.6 Å². The Morgan fingerprint density at radius 2 is 2.00 bits per heavy atom. The quantitative estimate of drug-likeness (QED) is 0.661. The third kappa shape index (κ3) is 2.50. The first kappa shape index (κ1) is 12.2. The van der Waals surface area contributed by atoms with Crippen molar-refractivity contribution >= 4 is 38.9 Å². The summed E-state index contributed by atoms with van der Waals surface area (Å²) in [4.78, 5) is 1.51. The zero-order valence-corrected chi connectivity index (χ0v) is 12.1. The summed E-state index contributed by atoms with van der Waals surface area (Å²) >= 11 is 11.3. The number of halogens is 2. The van der Waals surface area contributed by atoms with Crippen LogP contribution < -0.4 is 0 Å². The van der Waals surface area contributed by atoms with Crippen molar-refractivity contribution in [3.63, 3.8) is 0 Å². The van der Waals surface area contributed by atoms with Crippen molar-refractivity contribution < 1.29 is 0 Å². The number of rotatable bonds is 3. The van der Waals surface area contributed by atoms with E-state index in [-0.39, 0.29) is 4.83 Å². The zero-order chi connectivity index (χ0) is 11.5. The molecule has 0 saturated carbocycles. The van der Waals surface area contributed by atoms with Crippen LogP contribution in [0.1, 0.15) is 27.8 Å². The summed E-state index contributed by atoms with van der Waals surface area (Å²) in [6.45, 7) is 2.18. The SMILES string of the molecule is CCc1ccccc1C(Br)c1ccc(Cl)s1. The van der Waals surface area contributed by atoms with Crippen molar-refractivity contribution in [2.45, 2.75) is 18.2 Å².